The van der Waals surface area contributed by atoms with Gasteiger partial charge in [0.2, 0.25) is 0 Å². The molecule has 0 amide bonds. The van der Waals surface area contributed by atoms with Crippen molar-refractivity contribution in [2.75, 3.05) is 13.6 Å². The Morgan fingerprint density at radius 1 is 1.24 bits per heavy atom. The van der Waals surface area contributed by atoms with Crippen molar-refractivity contribution < 1.29 is 5.11 Å². The molecule has 0 unspecified atom stereocenters. The molecular weight excluding hydrogens is 212 g/mol. The van der Waals surface area contributed by atoms with Gasteiger partial charge in [-0.25, -0.2) is 0 Å². The molecule has 0 spiro atoms. The van der Waals surface area contributed by atoms with Gasteiger partial charge in [0.1, 0.15) is 0 Å². The molecule has 0 fully saturated rings. The molecule has 96 valence electrons. The molecule has 0 aliphatic carbocycles. The molecule has 3 nitrogen and oxygen atoms in total. The van der Waals surface area contributed by atoms with Gasteiger partial charge in [0, 0.05) is 19.6 Å². The average molecular weight is 236 g/mol. The fraction of sp³-hybridized carbons (Fsp3) is 0.571. The minimum atomic E-state index is -0.596. The maximum Gasteiger partial charge on any atom is 0.0603 e. The van der Waals surface area contributed by atoms with Crippen LogP contribution in [-0.2, 0) is 13.1 Å². The fourth-order valence-corrected chi connectivity index (χ4v) is 1.75. The highest BCUT2D eigenvalue weighted by atomic mass is 16.3. The van der Waals surface area contributed by atoms with Crippen molar-refractivity contribution in [3.63, 3.8) is 0 Å². The number of nitrogens with zero attached hydrogens (tertiary/aromatic N) is 1. The third kappa shape index (κ3) is 5.31. The molecule has 3 heteroatoms. The lowest BCUT2D eigenvalue weighted by Crippen LogP contribution is -2.28. The monoisotopic (exact) mass is 236 g/mol. The largest absolute Gasteiger partial charge is 0.390 e. The van der Waals surface area contributed by atoms with Crippen LogP contribution in [0.4, 0.5) is 0 Å². The van der Waals surface area contributed by atoms with E-state index in [1.165, 1.54) is 11.1 Å². The third-order valence-corrected chi connectivity index (χ3v) is 2.88. The van der Waals surface area contributed by atoms with Gasteiger partial charge in [-0.05, 0) is 38.4 Å². The van der Waals surface area contributed by atoms with E-state index in [0.29, 0.717) is 6.54 Å². The number of benzene rings is 1. The summed E-state index contributed by atoms with van der Waals surface area (Å²) >= 11 is 0. The van der Waals surface area contributed by atoms with Crippen LogP contribution >= 0.6 is 0 Å². The van der Waals surface area contributed by atoms with Crippen molar-refractivity contribution in [1.29, 1.82) is 0 Å². The van der Waals surface area contributed by atoms with E-state index in [0.717, 1.165) is 19.5 Å². The molecule has 3 N–H and O–H groups in total. The van der Waals surface area contributed by atoms with Gasteiger partial charge in [-0.3, -0.25) is 0 Å². The first-order chi connectivity index (χ1) is 7.92. The Labute approximate surface area is 104 Å². The lowest BCUT2D eigenvalue weighted by atomic mass is 10.0. The minimum absolute atomic E-state index is 0.579. The van der Waals surface area contributed by atoms with Gasteiger partial charge in [-0.15, -0.1) is 0 Å². The highest BCUT2D eigenvalue weighted by molar-refractivity contribution is 5.26. The van der Waals surface area contributed by atoms with Crippen LogP contribution in [0.5, 0.6) is 0 Å². The van der Waals surface area contributed by atoms with Crippen molar-refractivity contribution in [2.45, 2.75) is 39.0 Å². The summed E-state index contributed by atoms with van der Waals surface area (Å²) in [5.74, 6) is 0. The molecule has 0 atom stereocenters. The SMILES string of the molecule is CN(CCC(C)(C)O)Cc1ccccc1CN. The second kappa shape index (κ2) is 6.15. The van der Waals surface area contributed by atoms with E-state index in [1.54, 1.807) is 0 Å². The van der Waals surface area contributed by atoms with Gasteiger partial charge in [0.15, 0.2) is 0 Å². The maximum atomic E-state index is 9.69. The zero-order valence-corrected chi connectivity index (χ0v) is 11.1. The maximum absolute atomic E-state index is 9.69. The van der Waals surface area contributed by atoms with E-state index in [2.05, 4.69) is 24.1 Å². The molecule has 0 saturated carbocycles. The molecule has 1 aromatic rings. The van der Waals surface area contributed by atoms with Crippen LogP contribution in [0.3, 0.4) is 0 Å². The topological polar surface area (TPSA) is 49.5 Å². The Balaban J connectivity index is 2.53. The summed E-state index contributed by atoms with van der Waals surface area (Å²) in [5.41, 5.74) is 7.58. The van der Waals surface area contributed by atoms with Gasteiger partial charge < -0.3 is 15.7 Å². The predicted octanol–water partition coefficient (Wildman–Crippen LogP) is 1.74. The third-order valence-electron chi connectivity index (χ3n) is 2.88. The molecule has 0 aliphatic heterocycles. The van der Waals surface area contributed by atoms with Crippen molar-refractivity contribution >= 4 is 0 Å². The van der Waals surface area contributed by atoms with E-state index in [1.807, 2.05) is 26.0 Å². The van der Waals surface area contributed by atoms with Gasteiger partial charge >= 0.3 is 0 Å². The number of rotatable bonds is 6. The zero-order chi connectivity index (χ0) is 12.9. The van der Waals surface area contributed by atoms with Gasteiger partial charge in [0.05, 0.1) is 5.60 Å². The minimum Gasteiger partial charge on any atom is -0.390 e. The Kier molecular flexibility index (Phi) is 5.12. The molecule has 1 rings (SSSR count). The fourth-order valence-electron chi connectivity index (χ4n) is 1.75. The zero-order valence-electron chi connectivity index (χ0n) is 11.1. The summed E-state index contributed by atoms with van der Waals surface area (Å²) in [6, 6.07) is 8.24. The summed E-state index contributed by atoms with van der Waals surface area (Å²) in [4.78, 5) is 2.21. The summed E-state index contributed by atoms with van der Waals surface area (Å²) in [6.45, 7) is 6.02. The van der Waals surface area contributed by atoms with E-state index < -0.39 is 5.60 Å². The molecule has 1 aromatic carbocycles. The Morgan fingerprint density at radius 2 is 1.82 bits per heavy atom. The first-order valence-electron chi connectivity index (χ1n) is 6.10. The van der Waals surface area contributed by atoms with Crippen molar-refractivity contribution in [2.24, 2.45) is 5.73 Å². The molecule has 0 radical (unpaired) electrons. The Bertz CT molecular complexity index is 344. The lowest BCUT2D eigenvalue weighted by molar-refractivity contribution is 0.0599. The molecule has 0 saturated heterocycles. The normalized spacial score (nSPS) is 12.1. The molecular formula is C14H24N2O. The second-order valence-corrected chi connectivity index (χ2v) is 5.27. The van der Waals surface area contributed by atoms with Gasteiger partial charge in [-0.1, -0.05) is 24.3 Å². The predicted molar refractivity (Wildman–Crippen MR) is 71.6 cm³/mol. The highest BCUT2D eigenvalue weighted by Crippen LogP contribution is 2.12. The number of aliphatic hydroxyl groups is 1. The van der Waals surface area contributed by atoms with E-state index in [9.17, 15) is 5.11 Å². The summed E-state index contributed by atoms with van der Waals surface area (Å²) < 4.78 is 0. The quantitative estimate of drug-likeness (QED) is 0.791. The van der Waals surface area contributed by atoms with Crippen LogP contribution in [-0.4, -0.2) is 29.2 Å². The number of hydrogen-bond donors (Lipinski definition) is 2. The molecule has 0 aromatic heterocycles. The Morgan fingerprint density at radius 3 is 2.35 bits per heavy atom. The summed E-state index contributed by atoms with van der Waals surface area (Å²) in [7, 11) is 2.07. The number of hydrogen-bond acceptors (Lipinski definition) is 3. The summed E-state index contributed by atoms with van der Waals surface area (Å²) in [6.07, 6.45) is 0.772. The van der Waals surface area contributed by atoms with E-state index in [4.69, 9.17) is 5.73 Å². The molecule has 17 heavy (non-hydrogen) atoms. The second-order valence-electron chi connectivity index (χ2n) is 5.27. The van der Waals surface area contributed by atoms with Crippen molar-refractivity contribution in [1.82, 2.24) is 4.90 Å². The van der Waals surface area contributed by atoms with E-state index in [-0.39, 0.29) is 0 Å². The lowest BCUT2D eigenvalue weighted by Gasteiger charge is -2.23. The van der Waals surface area contributed by atoms with Crippen molar-refractivity contribution in [3.8, 4) is 0 Å². The molecule has 0 heterocycles. The first kappa shape index (κ1) is 14.2. The average Bonchev–Trinajstić information content (AvgIpc) is 2.26. The Hall–Kier alpha value is -0.900. The van der Waals surface area contributed by atoms with Crippen LogP contribution in [0.2, 0.25) is 0 Å². The van der Waals surface area contributed by atoms with Crippen LogP contribution in [0.15, 0.2) is 24.3 Å². The molecule has 0 aliphatic rings. The first-order valence-corrected chi connectivity index (χ1v) is 6.10. The smallest absolute Gasteiger partial charge is 0.0603 e. The highest BCUT2D eigenvalue weighted by Gasteiger charge is 2.13. The number of nitrogens with two attached hydrogens (primary N) is 1. The summed E-state index contributed by atoms with van der Waals surface area (Å²) in [5, 5.41) is 9.69. The van der Waals surface area contributed by atoms with Crippen LogP contribution in [0.1, 0.15) is 31.4 Å². The van der Waals surface area contributed by atoms with E-state index >= 15 is 0 Å². The standard InChI is InChI=1S/C14H24N2O/c1-14(2,17)8-9-16(3)11-13-7-5-4-6-12(13)10-15/h4-7,17H,8-11,15H2,1-3H3. The van der Waals surface area contributed by atoms with Crippen LogP contribution in [0.25, 0.3) is 0 Å². The molecule has 0 bridgehead atoms. The van der Waals surface area contributed by atoms with Gasteiger partial charge in [0.25, 0.3) is 0 Å². The van der Waals surface area contributed by atoms with Gasteiger partial charge in [-0.2, -0.15) is 0 Å². The van der Waals surface area contributed by atoms with Crippen LogP contribution < -0.4 is 5.73 Å². The van der Waals surface area contributed by atoms with Crippen molar-refractivity contribution in [3.05, 3.63) is 35.4 Å². The van der Waals surface area contributed by atoms with Crippen LogP contribution in [0, 0.1) is 0 Å².